The molecule has 0 radical (unpaired) electrons. The van der Waals surface area contributed by atoms with Crippen LogP contribution in [0.3, 0.4) is 0 Å². The topological polar surface area (TPSA) is 58.4 Å². The number of hydrogen-bond acceptors (Lipinski definition) is 3. The summed E-state index contributed by atoms with van der Waals surface area (Å²) in [7, 11) is 6.89. The maximum atomic E-state index is 14.0. The molecule has 33 heavy (non-hydrogen) atoms. The van der Waals surface area contributed by atoms with Gasteiger partial charge in [0, 0.05) is 34.6 Å². The number of hydrogen-bond donors (Lipinski definition) is 0. The van der Waals surface area contributed by atoms with Gasteiger partial charge in [-0.25, -0.2) is 4.68 Å². The predicted molar refractivity (Wildman–Crippen MR) is 140 cm³/mol. The summed E-state index contributed by atoms with van der Waals surface area (Å²) in [5.74, 6) is -0.279. The van der Waals surface area contributed by atoms with Crippen LogP contribution in [0, 0.1) is 0 Å². The van der Waals surface area contributed by atoms with Crippen LogP contribution in [-0.4, -0.2) is 59.6 Å². The summed E-state index contributed by atoms with van der Waals surface area (Å²) < 4.78 is 3.50. The van der Waals surface area contributed by atoms with Gasteiger partial charge < -0.3 is 9.80 Å². The lowest BCUT2D eigenvalue weighted by Crippen LogP contribution is -2.48. The van der Waals surface area contributed by atoms with Crippen molar-refractivity contribution in [1.29, 1.82) is 0 Å². The van der Waals surface area contributed by atoms with Crippen LogP contribution in [0.1, 0.15) is 23.6 Å². The number of likely N-dealkylation sites (N-methyl/N-ethyl adjacent to an activating group) is 2. The summed E-state index contributed by atoms with van der Waals surface area (Å²) in [4.78, 5) is 30.7. The van der Waals surface area contributed by atoms with Crippen molar-refractivity contribution in [2.75, 3.05) is 28.2 Å². The fourth-order valence-corrected chi connectivity index (χ4v) is 5.40. The van der Waals surface area contributed by atoms with Gasteiger partial charge in [-0.15, -0.1) is 0 Å². The fourth-order valence-electron chi connectivity index (χ4n) is 4.00. The highest BCUT2D eigenvalue weighted by Gasteiger charge is 2.47. The van der Waals surface area contributed by atoms with Crippen molar-refractivity contribution in [2.45, 2.75) is 17.9 Å². The lowest BCUT2D eigenvalue weighted by atomic mass is 9.69. The van der Waals surface area contributed by atoms with E-state index in [1.807, 2.05) is 60.7 Å². The Balaban J connectivity index is 2.33. The molecule has 0 N–H and O–H groups in total. The maximum absolute atomic E-state index is 14.0. The second-order valence-electron chi connectivity index (χ2n) is 8.13. The third-order valence-corrected chi connectivity index (χ3v) is 8.71. The van der Waals surface area contributed by atoms with Gasteiger partial charge in [-0.2, -0.15) is 5.10 Å². The number of benzene rings is 2. The molecule has 3 rings (SSSR count). The smallest absolute Gasteiger partial charge is 0.247 e. The van der Waals surface area contributed by atoms with Gasteiger partial charge in [0.1, 0.15) is 20.7 Å². The number of halogens is 3. The molecule has 0 saturated heterocycles. The van der Waals surface area contributed by atoms with E-state index in [0.29, 0.717) is 13.7 Å². The van der Waals surface area contributed by atoms with Crippen molar-refractivity contribution in [3.8, 4) is 0 Å². The Kier molecular flexibility index (Phi) is 8.18. The largest absolute Gasteiger partial charge is 0.348 e. The molecule has 9 heteroatoms. The first-order valence-electron chi connectivity index (χ1n) is 10.2. The summed E-state index contributed by atoms with van der Waals surface area (Å²) >= 11 is 10.5. The molecule has 3 aromatic rings. The molecular weight excluding hydrogens is 616 g/mol. The van der Waals surface area contributed by atoms with Crippen molar-refractivity contribution in [2.24, 2.45) is 0 Å². The predicted octanol–water partition coefficient (Wildman–Crippen LogP) is 5.26. The van der Waals surface area contributed by atoms with E-state index in [1.165, 1.54) is 4.90 Å². The number of carbonyl (C=O) groups is 2. The quantitative estimate of drug-likeness (QED) is 0.354. The number of aromatic nitrogens is 2. The molecule has 0 bridgehead atoms. The Morgan fingerprint density at radius 3 is 1.73 bits per heavy atom. The Labute approximate surface area is 219 Å². The first kappa shape index (κ1) is 25.6. The van der Waals surface area contributed by atoms with Crippen molar-refractivity contribution in [3.05, 3.63) is 85.5 Å². The van der Waals surface area contributed by atoms with Crippen molar-refractivity contribution in [3.63, 3.8) is 0 Å². The number of carbonyl (C=O) groups excluding carboxylic acids is 2. The number of nitrogens with zero attached hydrogens (tertiary/aromatic N) is 4. The molecular formula is C24H25Br3N4O2. The molecule has 0 aliphatic rings. The van der Waals surface area contributed by atoms with Gasteiger partial charge in [0.15, 0.2) is 0 Å². The van der Waals surface area contributed by atoms with E-state index in [1.54, 1.807) is 37.8 Å². The van der Waals surface area contributed by atoms with Crippen LogP contribution in [0.2, 0.25) is 0 Å². The summed E-state index contributed by atoms with van der Waals surface area (Å²) in [5.41, 5.74) is 0.507. The molecule has 0 fully saturated rings. The van der Waals surface area contributed by atoms with E-state index in [0.717, 1.165) is 11.1 Å². The van der Waals surface area contributed by atoms with Gasteiger partial charge in [-0.05, 0) is 58.9 Å². The van der Waals surface area contributed by atoms with Crippen LogP contribution in [0.4, 0.5) is 0 Å². The second kappa shape index (κ2) is 10.5. The van der Waals surface area contributed by atoms with Crippen molar-refractivity contribution >= 4 is 59.6 Å². The molecule has 0 aliphatic heterocycles. The molecule has 1 unspecified atom stereocenters. The van der Waals surface area contributed by atoms with E-state index in [4.69, 9.17) is 0 Å². The number of amides is 2. The molecule has 1 heterocycles. The molecule has 1 atom stereocenters. The van der Waals surface area contributed by atoms with Crippen molar-refractivity contribution < 1.29 is 9.59 Å². The Bertz CT molecular complexity index is 1090. The molecule has 6 nitrogen and oxygen atoms in total. The number of rotatable bonds is 7. The molecule has 0 saturated carbocycles. The monoisotopic (exact) mass is 638 g/mol. The zero-order valence-corrected chi connectivity index (χ0v) is 23.6. The Hall–Kier alpha value is -1.97. The van der Waals surface area contributed by atoms with E-state index >= 15 is 0 Å². The average molecular weight is 641 g/mol. The summed E-state index contributed by atoms with van der Waals surface area (Å²) in [6, 6.07) is 18.5. The molecule has 0 aliphatic carbocycles. The zero-order valence-electron chi connectivity index (χ0n) is 18.8. The minimum atomic E-state index is -1.12. The minimum absolute atomic E-state index is 0.113. The van der Waals surface area contributed by atoms with Gasteiger partial charge >= 0.3 is 0 Å². The summed E-state index contributed by atoms with van der Waals surface area (Å²) in [5, 5.41) is 4.56. The normalized spacial score (nSPS) is 12.3. The van der Waals surface area contributed by atoms with Gasteiger partial charge in [0.25, 0.3) is 0 Å². The highest BCUT2D eigenvalue weighted by molar-refractivity contribution is 9.14. The molecule has 2 aromatic carbocycles. The van der Waals surface area contributed by atoms with E-state index in [2.05, 4.69) is 52.9 Å². The lowest BCUT2D eigenvalue weighted by molar-refractivity contribution is -0.136. The minimum Gasteiger partial charge on any atom is -0.348 e. The fraction of sp³-hybridized carbons (Fsp3) is 0.292. The molecule has 174 valence electrons. The third-order valence-electron chi connectivity index (χ3n) is 5.58. The highest BCUT2D eigenvalue weighted by Crippen LogP contribution is 2.43. The van der Waals surface area contributed by atoms with Gasteiger partial charge in [0.2, 0.25) is 11.8 Å². The summed E-state index contributed by atoms with van der Waals surface area (Å²) in [6.45, 7) is 0. The lowest BCUT2D eigenvalue weighted by Gasteiger charge is -2.38. The maximum Gasteiger partial charge on any atom is 0.247 e. The van der Waals surface area contributed by atoms with Crippen LogP contribution in [0.25, 0.3) is 0 Å². The van der Waals surface area contributed by atoms with E-state index in [-0.39, 0.29) is 18.2 Å². The van der Waals surface area contributed by atoms with E-state index in [9.17, 15) is 9.59 Å². The average Bonchev–Trinajstić information content (AvgIpc) is 3.07. The summed E-state index contributed by atoms with van der Waals surface area (Å²) in [6.07, 6.45) is 0.175. The van der Waals surface area contributed by atoms with Crippen LogP contribution < -0.4 is 0 Å². The van der Waals surface area contributed by atoms with Crippen LogP contribution in [0.15, 0.2) is 74.3 Å². The van der Waals surface area contributed by atoms with Crippen molar-refractivity contribution in [1.82, 2.24) is 19.6 Å². The first-order valence-corrected chi connectivity index (χ1v) is 12.6. The highest BCUT2D eigenvalue weighted by atomic mass is 79.9. The zero-order chi connectivity index (χ0) is 24.3. The molecule has 1 aromatic heterocycles. The third kappa shape index (κ3) is 4.95. The van der Waals surface area contributed by atoms with Gasteiger partial charge in [-0.1, -0.05) is 60.7 Å². The SMILES string of the molecule is CN(C)C(=O)C(CC(C(=O)N(C)C)(c1ccccc1)c1ccccc1)n1nc(Br)c(Br)c1Br. The van der Waals surface area contributed by atoms with E-state index < -0.39 is 11.5 Å². The first-order chi connectivity index (χ1) is 15.6. The second-order valence-corrected chi connectivity index (χ2v) is 10.4. The van der Waals surface area contributed by atoms with Crippen LogP contribution in [-0.2, 0) is 15.0 Å². The Morgan fingerprint density at radius 2 is 1.36 bits per heavy atom. The van der Waals surface area contributed by atoms with Crippen LogP contribution >= 0.6 is 47.8 Å². The van der Waals surface area contributed by atoms with Crippen LogP contribution in [0.5, 0.6) is 0 Å². The standard InChI is InChI=1S/C24H25Br3N4O2/c1-29(2)22(32)18(31-21(27)19(25)20(26)28-31)15-24(23(33)30(3)4,16-11-7-5-8-12-16)17-13-9-6-10-14-17/h5-14,18H,15H2,1-4H3. The Morgan fingerprint density at radius 1 is 0.879 bits per heavy atom. The van der Waals surface area contributed by atoms with Gasteiger partial charge in [0.05, 0.1) is 4.47 Å². The van der Waals surface area contributed by atoms with Gasteiger partial charge in [-0.3, -0.25) is 9.59 Å². The molecule has 0 spiro atoms. The molecule has 2 amide bonds.